The smallest absolute Gasteiger partial charge is 0.268 e. The molecule has 9 nitrogen and oxygen atoms in total. The molecule has 1 amide bonds. The molecule has 0 saturated heterocycles. The van der Waals surface area contributed by atoms with Crippen molar-refractivity contribution in [3.8, 4) is 22.8 Å². The van der Waals surface area contributed by atoms with E-state index in [2.05, 4.69) is 15.3 Å². The molecule has 0 aliphatic carbocycles. The van der Waals surface area contributed by atoms with Crippen LogP contribution in [0.3, 0.4) is 0 Å². The van der Waals surface area contributed by atoms with E-state index in [1.54, 1.807) is 36.4 Å². The summed E-state index contributed by atoms with van der Waals surface area (Å²) in [5.41, 5.74) is 2.62. The van der Waals surface area contributed by atoms with Crippen LogP contribution in [0.25, 0.3) is 11.3 Å². The molecule has 0 fully saturated rings. The SMILES string of the molecule is COc1cc(NC(=O)CSc2ncc3c(n2)-c2cc(Cl)ccc2N(Cc2ccccc2)S3(=O)=O)cc(OC)c1. The number of carbonyl (C=O) groups is 1. The van der Waals surface area contributed by atoms with E-state index >= 15 is 0 Å². The van der Waals surface area contributed by atoms with Crippen molar-refractivity contribution in [3.05, 3.63) is 83.5 Å². The topological polar surface area (TPSA) is 111 Å². The van der Waals surface area contributed by atoms with Crippen LogP contribution in [0.1, 0.15) is 5.56 Å². The Morgan fingerprint density at radius 2 is 1.74 bits per heavy atom. The average Bonchev–Trinajstić information content (AvgIpc) is 2.94. The van der Waals surface area contributed by atoms with Gasteiger partial charge in [0.15, 0.2) is 5.16 Å². The van der Waals surface area contributed by atoms with E-state index in [1.807, 2.05) is 30.3 Å². The fourth-order valence-electron chi connectivity index (χ4n) is 4.10. The molecule has 0 bridgehead atoms. The lowest BCUT2D eigenvalue weighted by Gasteiger charge is -2.31. The molecule has 0 radical (unpaired) electrons. The van der Waals surface area contributed by atoms with Crippen LogP contribution >= 0.6 is 23.4 Å². The number of hydrogen-bond donors (Lipinski definition) is 1. The van der Waals surface area contributed by atoms with Crippen LogP contribution in [-0.2, 0) is 21.4 Å². The van der Waals surface area contributed by atoms with E-state index in [1.165, 1.54) is 24.7 Å². The number of rotatable bonds is 8. The number of ether oxygens (including phenoxy) is 2. The number of fused-ring (bicyclic) bond motifs is 3. The van der Waals surface area contributed by atoms with Crippen LogP contribution in [0.15, 0.2) is 83.0 Å². The Kier molecular flexibility index (Phi) is 7.65. The lowest BCUT2D eigenvalue weighted by molar-refractivity contribution is -0.113. The third-order valence-corrected chi connectivity index (χ3v) is 8.78. The second-order valence-corrected chi connectivity index (χ2v) is 11.7. The van der Waals surface area contributed by atoms with Crippen molar-refractivity contribution in [1.82, 2.24) is 9.97 Å². The maximum absolute atomic E-state index is 13.7. The summed E-state index contributed by atoms with van der Waals surface area (Å²) in [7, 11) is -0.909. The Labute approximate surface area is 235 Å². The molecule has 2 heterocycles. The van der Waals surface area contributed by atoms with Crippen LogP contribution in [0.2, 0.25) is 5.02 Å². The Morgan fingerprint density at radius 1 is 1.03 bits per heavy atom. The second-order valence-electron chi connectivity index (χ2n) is 8.46. The first kappa shape index (κ1) is 26.8. The maximum atomic E-state index is 13.7. The number of sulfonamides is 1. The third-order valence-electron chi connectivity index (χ3n) is 5.92. The second kappa shape index (κ2) is 11.1. The lowest BCUT2D eigenvalue weighted by atomic mass is 10.1. The zero-order valence-corrected chi connectivity index (χ0v) is 23.3. The van der Waals surface area contributed by atoms with E-state index in [0.29, 0.717) is 33.5 Å². The fourth-order valence-corrected chi connectivity index (χ4v) is 6.44. The molecule has 1 aliphatic heterocycles. The summed E-state index contributed by atoms with van der Waals surface area (Å²) >= 11 is 7.38. The number of carbonyl (C=O) groups excluding carboxylic acids is 1. The zero-order valence-electron chi connectivity index (χ0n) is 20.9. The Bertz CT molecular complexity index is 1630. The molecular formula is C27H23ClN4O5S2. The molecule has 0 spiro atoms. The van der Waals surface area contributed by atoms with Gasteiger partial charge in [-0.25, -0.2) is 18.4 Å². The molecule has 0 atom stereocenters. The molecule has 0 saturated carbocycles. The van der Waals surface area contributed by atoms with Crippen molar-refractivity contribution >= 4 is 50.7 Å². The number of nitrogens with one attached hydrogen (secondary N) is 1. The normalized spacial score (nSPS) is 13.3. The zero-order chi connectivity index (χ0) is 27.6. The minimum absolute atomic E-state index is 0.00635. The highest BCUT2D eigenvalue weighted by atomic mass is 35.5. The molecule has 12 heteroatoms. The summed E-state index contributed by atoms with van der Waals surface area (Å²) in [4.78, 5) is 21.4. The van der Waals surface area contributed by atoms with Crippen LogP contribution in [0.5, 0.6) is 11.5 Å². The number of hydrogen-bond acceptors (Lipinski definition) is 8. The Hall–Kier alpha value is -3.80. The summed E-state index contributed by atoms with van der Waals surface area (Å²) in [6.07, 6.45) is 1.28. The van der Waals surface area contributed by atoms with Gasteiger partial charge >= 0.3 is 0 Å². The molecule has 1 aromatic heterocycles. The molecule has 1 aliphatic rings. The first-order valence-electron chi connectivity index (χ1n) is 11.7. The number of methoxy groups -OCH3 is 2. The van der Waals surface area contributed by atoms with Gasteiger partial charge in [-0.2, -0.15) is 0 Å². The fraction of sp³-hybridized carbons (Fsp3) is 0.148. The van der Waals surface area contributed by atoms with Crippen LogP contribution in [-0.4, -0.2) is 44.3 Å². The van der Waals surface area contributed by atoms with Gasteiger partial charge in [-0.05, 0) is 23.8 Å². The summed E-state index contributed by atoms with van der Waals surface area (Å²) in [6, 6.07) is 19.4. The van der Waals surface area contributed by atoms with E-state index in [0.717, 1.165) is 17.3 Å². The summed E-state index contributed by atoms with van der Waals surface area (Å²) in [5.74, 6) is 0.764. The lowest BCUT2D eigenvalue weighted by Crippen LogP contribution is -2.34. The number of amides is 1. The summed E-state index contributed by atoms with van der Waals surface area (Å²) in [6.45, 7) is 0.142. The van der Waals surface area contributed by atoms with Crippen LogP contribution in [0.4, 0.5) is 11.4 Å². The van der Waals surface area contributed by atoms with E-state index < -0.39 is 10.0 Å². The van der Waals surface area contributed by atoms with Gasteiger partial charge in [0.1, 0.15) is 16.4 Å². The maximum Gasteiger partial charge on any atom is 0.268 e. The number of halogens is 1. The first-order valence-corrected chi connectivity index (χ1v) is 14.5. The van der Waals surface area contributed by atoms with Crippen molar-refractivity contribution in [2.24, 2.45) is 0 Å². The molecule has 4 aromatic rings. The van der Waals surface area contributed by atoms with Crippen molar-refractivity contribution in [1.29, 1.82) is 0 Å². The predicted octanol–water partition coefficient (Wildman–Crippen LogP) is 5.25. The minimum Gasteiger partial charge on any atom is -0.497 e. The number of nitrogens with zero attached hydrogens (tertiary/aromatic N) is 3. The van der Waals surface area contributed by atoms with Crippen LogP contribution < -0.4 is 19.1 Å². The van der Waals surface area contributed by atoms with Gasteiger partial charge < -0.3 is 14.8 Å². The van der Waals surface area contributed by atoms with Gasteiger partial charge in [-0.1, -0.05) is 53.7 Å². The van der Waals surface area contributed by atoms with Gasteiger partial charge in [0.25, 0.3) is 10.0 Å². The average molecular weight is 583 g/mol. The number of thioether (sulfide) groups is 1. The molecule has 3 aromatic carbocycles. The molecule has 5 rings (SSSR count). The highest BCUT2D eigenvalue weighted by Crippen LogP contribution is 2.44. The van der Waals surface area contributed by atoms with Crippen molar-refractivity contribution in [3.63, 3.8) is 0 Å². The van der Waals surface area contributed by atoms with Gasteiger partial charge in [-0.3, -0.25) is 9.10 Å². The standard InChI is InChI=1S/C27H23ClN4O5S2/c1-36-20-11-19(12-21(13-20)37-2)30-25(33)16-38-27-29-14-24-26(31-27)22-10-18(28)8-9-23(22)32(39(24,34)35)15-17-6-4-3-5-7-17/h3-14H,15-16H2,1-2H3,(H,30,33). The highest BCUT2D eigenvalue weighted by molar-refractivity contribution is 7.99. The molecular weight excluding hydrogens is 560 g/mol. The monoisotopic (exact) mass is 582 g/mol. The third kappa shape index (κ3) is 5.65. The Balaban J connectivity index is 1.40. The van der Waals surface area contributed by atoms with Crippen molar-refractivity contribution < 1.29 is 22.7 Å². The largest absolute Gasteiger partial charge is 0.497 e. The summed E-state index contributed by atoms with van der Waals surface area (Å²) < 4.78 is 39.1. The summed E-state index contributed by atoms with van der Waals surface area (Å²) in [5, 5.41) is 3.49. The van der Waals surface area contributed by atoms with Crippen LogP contribution in [0, 0.1) is 0 Å². The molecule has 200 valence electrons. The Morgan fingerprint density at radius 3 is 2.44 bits per heavy atom. The van der Waals surface area contributed by atoms with Gasteiger partial charge in [0.2, 0.25) is 5.91 Å². The minimum atomic E-state index is -3.96. The van der Waals surface area contributed by atoms with E-state index in [9.17, 15) is 13.2 Å². The quantitative estimate of drug-likeness (QED) is 0.221. The number of aromatic nitrogens is 2. The van der Waals surface area contributed by atoms with E-state index in [4.69, 9.17) is 21.1 Å². The van der Waals surface area contributed by atoms with Gasteiger partial charge in [-0.15, -0.1) is 0 Å². The van der Waals surface area contributed by atoms with Crippen molar-refractivity contribution in [2.45, 2.75) is 16.6 Å². The van der Waals surface area contributed by atoms with Crippen molar-refractivity contribution in [2.75, 3.05) is 29.6 Å². The number of benzene rings is 3. The molecule has 0 unspecified atom stereocenters. The van der Waals surface area contributed by atoms with Gasteiger partial charge in [0, 0.05) is 34.5 Å². The predicted molar refractivity (Wildman–Crippen MR) is 151 cm³/mol. The van der Waals surface area contributed by atoms with Gasteiger partial charge in [0.05, 0.1) is 44.1 Å². The highest BCUT2D eigenvalue weighted by Gasteiger charge is 2.37. The first-order chi connectivity index (χ1) is 18.8. The van der Waals surface area contributed by atoms with E-state index in [-0.39, 0.29) is 34.0 Å². The number of anilines is 2. The molecule has 1 N–H and O–H groups in total. The molecule has 39 heavy (non-hydrogen) atoms.